The first kappa shape index (κ1) is 13.0. The van der Waals surface area contributed by atoms with Crippen LogP contribution in [-0.2, 0) is 0 Å². The lowest BCUT2D eigenvalue weighted by atomic mass is 10.1. The van der Waals surface area contributed by atoms with Gasteiger partial charge in [0.15, 0.2) is 17.5 Å². The van der Waals surface area contributed by atoms with Crippen molar-refractivity contribution in [3.05, 3.63) is 35.1 Å². The van der Waals surface area contributed by atoms with Crippen LogP contribution in [0.4, 0.5) is 13.2 Å². The fraction of sp³-hybridized carbons (Fsp3) is 0.273. The first-order chi connectivity index (χ1) is 7.88. The van der Waals surface area contributed by atoms with Crippen molar-refractivity contribution < 1.29 is 18.0 Å². The molecule has 90 valence electrons. The zero-order valence-electron chi connectivity index (χ0n) is 9.17. The van der Waals surface area contributed by atoms with Gasteiger partial charge in [-0.1, -0.05) is 0 Å². The van der Waals surface area contributed by atoms with Gasteiger partial charge in [0.05, 0.1) is 6.07 Å². The lowest BCUT2D eigenvalue weighted by Crippen LogP contribution is -2.34. The Kier molecular flexibility index (Phi) is 3.73. The number of rotatable bonds is 2. The minimum Gasteiger partial charge on any atom is -0.326 e. The maximum atomic E-state index is 12.9. The van der Waals surface area contributed by atoms with Crippen molar-refractivity contribution in [3.63, 3.8) is 0 Å². The molecular formula is C11H9F3N2O. The number of nitrogens with zero attached hydrogens (tertiary/aromatic N) is 2. The quantitative estimate of drug-likeness (QED) is 0.745. The maximum absolute atomic E-state index is 12.9. The van der Waals surface area contributed by atoms with Gasteiger partial charge in [-0.15, -0.1) is 0 Å². The van der Waals surface area contributed by atoms with Crippen LogP contribution in [-0.4, -0.2) is 23.9 Å². The third-order valence-corrected chi connectivity index (χ3v) is 2.32. The Hall–Kier alpha value is -2.03. The van der Waals surface area contributed by atoms with E-state index < -0.39 is 29.4 Å². The molecule has 1 aromatic rings. The van der Waals surface area contributed by atoms with Gasteiger partial charge in [0.1, 0.15) is 6.04 Å². The maximum Gasteiger partial charge on any atom is 0.254 e. The van der Waals surface area contributed by atoms with Gasteiger partial charge in [0.2, 0.25) is 0 Å². The number of carbonyl (C=O) groups excluding carboxylic acids is 1. The number of amides is 1. The van der Waals surface area contributed by atoms with Gasteiger partial charge >= 0.3 is 0 Å². The fourth-order valence-corrected chi connectivity index (χ4v) is 1.15. The van der Waals surface area contributed by atoms with Crippen molar-refractivity contribution in [2.24, 2.45) is 0 Å². The smallest absolute Gasteiger partial charge is 0.254 e. The third-order valence-electron chi connectivity index (χ3n) is 2.32. The molecule has 1 aromatic carbocycles. The Labute approximate surface area is 96.1 Å². The Bertz CT molecular complexity index is 473. The van der Waals surface area contributed by atoms with Crippen LogP contribution < -0.4 is 0 Å². The lowest BCUT2D eigenvalue weighted by molar-refractivity contribution is 0.0772. The van der Waals surface area contributed by atoms with Gasteiger partial charge in [-0.05, 0) is 19.1 Å². The molecule has 1 atom stereocenters. The Morgan fingerprint density at radius 3 is 2.24 bits per heavy atom. The van der Waals surface area contributed by atoms with Gasteiger partial charge in [0, 0.05) is 12.6 Å². The summed E-state index contributed by atoms with van der Waals surface area (Å²) in [7, 11) is 1.31. The highest BCUT2D eigenvalue weighted by Gasteiger charge is 2.20. The van der Waals surface area contributed by atoms with Crippen molar-refractivity contribution in [3.8, 4) is 6.07 Å². The van der Waals surface area contributed by atoms with Crippen molar-refractivity contribution in [1.29, 1.82) is 5.26 Å². The zero-order chi connectivity index (χ0) is 13.2. The molecule has 0 N–H and O–H groups in total. The minimum atomic E-state index is -1.63. The number of halogens is 3. The Morgan fingerprint density at radius 1 is 1.35 bits per heavy atom. The van der Waals surface area contributed by atoms with E-state index in [9.17, 15) is 18.0 Å². The average molecular weight is 242 g/mol. The largest absolute Gasteiger partial charge is 0.326 e. The second kappa shape index (κ2) is 4.87. The number of carbonyl (C=O) groups is 1. The molecule has 0 saturated carbocycles. The first-order valence-electron chi connectivity index (χ1n) is 4.69. The van der Waals surface area contributed by atoms with Crippen LogP contribution in [0.25, 0.3) is 0 Å². The molecule has 1 amide bonds. The molecule has 6 heteroatoms. The van der Waals surface area contributed by atoms with Crippen LogP contribution in [0, 0.1) is 28.8 Å². The van der Waals surface area contributed by atoms with Crippen molar-refractivity contribution in [2.75, 3.05) is 7.05 Å². The van der Waals surface area contributed by atoms with Crippen molar-refractivity contribution in [1.82, 2.24) is 4.90 Å². The first-order valence-corrected chi connectivity index (χ1v) is 4.69. The summed E-state index contributed by atoms with van der Waals surface area (Å²) in [5, 5.41) is 8.60. The predicted molar refractivity (Wildman–Crippen MR) is 53.5 cm³/mol. The Morgan fingerprint density at radius 2 is 1.82 bits per heavy atom. The molecule has 0 spiro atoms. The van der Waals surface area contributed by atoms with Gasteiger partial charge < -0.3 is 4.90 Å². The van der Waals surface area contributed by atoms with Gasteiger partial charge in [-0.3, -0.25) is 4.79 Å². The molecule has 0 aliphatic carbocycles. The number of hydrogen-bond acceptors (Lipinski definition) is 2. The molecule has 0 aliphatic heterocycles. The molecule has 17 heavy (non-hydrogen) atoms. The van der Waals surface area contributed by atoms with Crippen molar-refractivity contribution >= 4 is 5.91 Å². The summed E-state index contributed by atoms with van der Waals surface area (Å²) in [5.74, 6) is -5.26. The third kappa shape index (κ3) is 2.56. The van der Waals surface area contributed by atoms with Gasteiger partial charge in [-0.25, -0.2) is 13.2 Å². The van der Waals surface area contributed by atoms with E-state index in [2.05, 4.69) is 0 Å². The van der Waals surface area contributed by atoms with Crippen LogP contribution in [0.2, 0.25) is 0 Å². The number of benzene rings is 1. The second-order valence-electron chi connectivity index (χ2n) is 3.48. The summed E-state index contributed by atoms with van der Waals surface area (Å²) in [6.45, 7) is 1.45. The van der Waals surface area contributed by atoms with E-state index in [1.165, 1.54) is 14.0 Å². The summed E-state index contributed by atoms with van der Waals surface area (Å²) in [6, 6.07) is 2.25. The summed E-state index contributed by atoms with van der Waals surface area (Å²) >= 11 is 0. The molecule has 0 fully saturated rings. The predicted octanol–water partition coefficient (Wildman–Crippen LogP) is 2.09. The zero-order valence-corrected chi connectivity index (χ0v) is 9.17. The minimum absolute atomic E-state index is 0.342. The van der Waals surface area contributed by atoms with Crippen LogP contribution in [0.5, 0.6) is 0 Å². The molecular weight excluding hydrogens is 233 g/mol. The van der Waals surface area contributed by atoms with E-state index in [1.54, 1.807) is 6.07 Å². The number of hydrogen-bond donors (Lipinski definition) is 0. The fourth-order valence-electron chi connectivity index (χ4n) is 1.15. The highest BCUT2D eigenvalue weighted by Crippen LogP contribution is 2.15. The lowest BCUT2D eigenvalue weighted by Gasteiger charge is -2.19. The molecule has 0 heterocycles. The second-order valence-corrected chi connectivity index (χ2v) is 3.48. The van der Waals surface area contributed by atoms with Crippen LogP contribution in [0.15, 0.2) is 12.1 Å². The molecule has 0 saturated heterocycles. The molecule has 0 radical (unpaired) electrons. The molecule has 0 aromatic heterocycles. The molecule has 3 nitrogen and oxygen atoms in total. The Balaban J connectivity index is 3.10. The van der Waals surface area contributed by atoms with Gasteiger partial charge in [-0.2, -0.15) is 5.26 Å². The molecule has 0 bridgehead atoms. The SMILES string of the molecule is CC(C#N)N(C)C(=O)c1cc(F)c(F)c(F)c1. The molecule has 1 unspecified atom stereocenters. The summed E-state index contributed by atoms with van der Waals surface area (Å²) in [6.07, 6.45) is 0. The van der Waals surface area contributed by atoms with Crippen LogP contribution >= 0.6 is 0 Å². The standard InChI is InChI=1S/C11H9F3N2O/c1-6(5-15)16(2)11(17)7-3-8(12)10(14)9(13)4-7/h3-4,6H,1-2H3. The summed E-state index contributed by atoms with van der Waals surface area (Å²) in [5.41, 5.74) is -0.342. The van der Waals surface area contributed by atoms with E-state index in [4.69, 9.17) is 5.26 Å². The normalized spacial score (nSPS) is 11.8. The highest BCUT2D eigenvalue weighted by atomic mass is 19.2. The molecule has 0 aliphatic rings. The van der Waals surface area contributed by atoms with E-state index in [0.717, 1.165) is 4.90 Å². The van der Waals surface area contributed by atoms with E-state index >= 15 is 0 Å². The average Bonchev–Trinajstić information content (AvgIpc) is 2.32. The summed E-state index contributed by atoms with van der Waals surface area (Å²) < 4.78 is 38.5. The van der Waals surface area contributed by atoms with Crippen LogP contribution in [0.3, 0.4) is 0 Å². The van der Waals surface area contributed by atoms with E-state index in [-0.39, 0.29) is 5.56 Å². The summed E-state index contributed by atoms with van der Waals surface area (Å²) in [4.78, 5) is 12.7. The highest BCUT2D eigenvalue weighted by molar-refractivity contribution is 5.94. The van der Waals surface area contributed by atoms with E-state index in [0.29, 0.717) is 12.1 Å². The topological polar surface area (TPSA) is 44.1 Å². The van der Waals surface area contributed by atoms with Crippen LogP contribution in [0.1, 0.15) is 17.3 Å². The number of nitriles is 1. The van der Waals surface area contributed by atoms with E-state index in [1.807, 2.05) is 0 Å². The molecule has 1 rings (SSSR count). The monoisotopic (exact) mass is 242 g/mol. The van der Waals surface area contributed by atoms with Crippen molar-refractivity contribution in [2.45, 2.75) is 13.0 Å². The van der Waals surface area contributed by atoms with Gasteiger partial charge in [0.25, 0.3) is 5.91 Å².